The minimum absolute atomic E-state index is 0.611. The summed E-state index contributed by atoms with van der Waals surface area (Å²) in [5.41, 5.74) is 5.19. The van der Waals surface area contributed by atoms with Crippen LogP contribution in [0.1, 0.15) is 24.8 Å². The van der Waals surface area contributed by atoms with Gasteiger partial charge in [-0.05, 0) is 36.5 Å². The van der Waals surface area contributed by atoms with E-state index in [9.17, 15) is 0 Å². The summed E-state index contributed by atoms with van der Waals surface area (Å²) in [5, 5.41) is 3.66. The number of fused-ring (bicyclic) bond motifs is 2. The Hall–Kier alpha value is -1.93. The Kier molecular flexibility index (Phi) is 2.89. The second kappa shape index (κ2) is 4.88. The number of aromatic nitrogens is 1. The molecule has 1 N–H and O–H groups in total. The van der Waals surface area contributed by atoms with Crippen LogP contribution >= 0.6 is 0 Å². The number of pyridine rings is 1. The molecule has 2 heteroatoms. The van der Waals surface area contributed by atoms with Crippen LogP contribution in [-0.4, -0.2) is 17.1 Å². The van der Waals surface area contributed by atoms with Crippen molar-refractivity contribution < 1.29 is 0 Å². The van der Waals surface area contributed by atoms with E-state index in [0.717, 1.165) is 6.04 Å². The molecule has 0 aliphatic carbocycles. The van der Waals surface area contributed by atoms with Gasteiger partial charge in [-0.1, -0.05) is 42.0 Å². The van der Waals surface area contributed by atoms with Crippen molar-refractivity contribution in [3.05, 3.63) is 59.9 Å². The zero-order valence-electron chi connectivity index (χ0n) is 11.4. The highest BCUT2D eigenvalue weighted by atomic mass is 15.0. The van der Waals surface area contributed by atoms with E-state index in [-0.39, 0.29) is 0 Å². The summed E-state index contributed by atoms with van der Waals surface area (Å²) in [6.07, 6.45) is 10.1. The molecule has 0 amide bonds. The largest absolute Gasteiger partial charge is 0.307 e. The van der Waals surface area contributed by atoms with E-state index in [1.54, 1.807) is 5.57 Å². The van der Waals surface area contributed by atoms with Gasteiger partial charge in [-0.2, -0.15) is 0 Å². The van der Waals surface area contributed by atoms with Crippen LogP contribution < -0.4 is 5.32 Å². The lowest BCUT2D eigenvalue weighted by atomic mass is 9.93. The first-order chi connectivity index (χ1) is 9.88. The van der Waals surface area contributed by atoms with E-state index in [4.69, 9.17) is 0 Å². The quantitative estimate of drug-likeness (QED) is 0.893. The maximum absolute atomic E-state index is 4.40. The fourth-order valence-corrected chi connectivity index (χ4v) is 3.40. The molecule has 2 atom stereocenters. The smallest absolute Gasteiger partial charge is 0.0346 e. The number of benzene rings is 1. The Morgan fingerprint density at radius 1 is 1.05 bits per heavy atom. The molecule has 2 aliphatic heterocycles. The van der Waals surface area contributed by atoms with Gasteiger partial charge in [0.1, 0.15) is 0 Å². The van der Waals surface area contributed by atoms with Crippen molar-refractivity contribution in [2.24, 2.45) is 0 Å². The van der Waals surface area contributed by atoms with Crippen molar-refractivity contribution in [2.45, 2.75) is 31.3 Å². The average molecular weight is 262 g/mol. The first-order valence-electron chi connectivity index (χ1n) is 7.35. The first kappa shape index (κ1) is 11.9. The SMILES string of the molecule is C(=C1/CC2CCC1N2)/c1cncc(-c2ccccc2)c1. The molecule has 2 saturated heterocycles. The summed E-state index contributed by atoms with van der Waals surface area (Å²) in [4.78, 5) is 4.40. The molecule has 2 aliphatic rings. The molecular formula is C18H18N2. The number of nitrogens with one attached hydrogen (secondary N) is 1. The lowest BCUT2D eigenvalue weighted by Gasteiger charge is -2.11. The topological polar surface area (TPSA) is 24.9 Å². The number of hydrogen-bond donors (Lipinski definition) is 1. The Morgan fingerprint density at radius 2 is 1.95 bits per heavy atom. The minimum atomic E-state index is 0.611. The molecule has 2 fully saturated rings. The maximum Gasteiger partial charge on any atom is 0.0346 e. The monoisotopic (exact) mass is 262 g/mol. The number of hydrogen-bond acceptors (Lipinski definition) is 2. The molecule has 1 aromatic heterocycles. The molecule has 2 unspecified atom stereocenters. The third kappa shape index (κ3) is 2.16. The summed E-state index contributed by atoms with van der Waals surface area (Å²) in [7, 11) is 0. The van der Waals surface area contributed by atoms with Crippen molar-refractivity contribution in [1.82, 2.24) is 10.3 Å². The van der Waals surface area contributed by atoms with Crippen LogP contribution in [-0.2, 0) is 0 Å². The number of rotatable bonds is 2. The van der Waals surface area contributed by atoms with Gasteiger partial charge >= 0.3 is 0 Å². The first-order valence-corrected chi connectivity index (χ1v) is 7.35. The van der Waals surface area contributed by atoms with Crippen LogP contribution in [0.15, 0.2) is 54.4 Å². The molecule has 0 spiro atoms. The molecule has 20 heavy (non-hydrogen) atoms. The van der Waals surface area contributed by atoms with Crippen LogP contribution in [0.5, 0.6) is 0 Å². The number of nitrogens with zero attached hydrogens (tertiary/aromatic N) is 1. The molecule has 2 bridgehead atoms. The minimum Gasteiger partial charge on any atom is -0.307 e. The Balaban J connectivity index is 1.65. The fraction of sp³-hybridized carbons (Fsp3) is 0.278. The summed E-state index contributed by atoms with van der Waals surface area (Å²) in [6.45, 7) is 0. The highest BCUT2D eigenvalue weighted by Crippen LogP contribution is 2.34. The van der Waals surface area contributed by atoms with Crippen LogP contribution in [0.2, 0.25) is 0 Å². The van der Waals surface area contributed by atoms with Crippen molar-refractivity contribution in [3.63, 3.8) is 0 Å². The lowest BCUT2D eigenvalue weighted by molar-refractivity contribution is 0.647. The Morgan fingerprint density at radius 3 is 2.70 bits per heavy atom. The third-order valence-corrected chi connectivity index (χ3v) is 4.39. The zero-order valence-corrected chi connectivity index (χ0v) is 11.4. The van der Waals surface area contributed by atoms with Crippen molar-refractivity contribution in [1.29, 1.82) is 0 Å². The summed E-state index contributed by atoms with van der Waals surface area (Å²) < 4.78 is 0. The molecular weight excluding hydrogens is 244 g/mol. The normalized spacial score (nSPS) is 26.3. The molecule has 2 aromatic rings. The van der Waals surface area contributed by atoms with E-state index in [1.807, 2.05) is 18.5 Å². The highest BCUT2D eigenvalue weighted by molar-refractivity contribution is 5.67. The van der Waals surface area contributed by atoms with Gasteiger partial charge in [0.2, 0.25) is 0 Å². The molecule has 0 saturated carbocycles. The van der Waals surface area contributed by atoms with E-state index in [0.29, 0.717) is 6.04 Å². The zero-order chi connectivity index (χ0) is 13.4. The summed E-state index contributed by atoms with van der Waals surface area (Å²) in [5.74, 6) is 0. The van der Waals surface area contributed by atoms with Gasteiger partial charge in [0.25, 0.3) is 0 Å². The third-order valence-electron chi connectivity index (χ3n) is 4.39. The van der Waals surface area contributed by atoms with E-state index in [2.05, 4.69) is 46.7 Å². The maximum atomic E-state index is 4.40. The second-order valence-corrected chi connectivity index (χ2v) is 5.79. The van der Waals surface area contributed by atoms with Gasteiger partial charge in [-0.25, -0.2) is 0 Å². The second-order valence-electron chi connectivity index (χ2n) is 5.79. The molecule has 4 rings (SSSR count). The van der Waals surface area contributed by atoms with Crippen LogP contribution in [0, 0.1) is 0 Å². The van der Waals surface area contributed by atoms with Crippen molar-refractivity contribution >= 4 is 6.08 Å². The van der Waals surface area contributed by atoms with Gasteiger partial charge in [-0.15, -0.1) is 0 Å². The lowest BCUT2D eigenvalue weighted by Crippen LogP contribution is -2.18. The molecule has 0 radical (unpaired) electrons. The van der Waals surface area contributed by atoms with E-state index in [1.165, 1.54) is 36.0 Å². The predicted octanol–water partition coefficient (Wildman–Crippen LogP) is 3.66. The van der Waals surface area contributed by atoms with Crippen molar-refractivity contribution in [2.75, 3.05) is 0 Å². The molecule has 3 heterocycles. The average Bonchev–Trinajstić information content (AvgIpc) is 3.11. The van der Waals surface area contributed by atoms with Crippen LogP contribution in [0.4, 0.5) is 0 Å². The van der Waals surface area contributed by atoms with E-state index >= 15 is 0 Å². The van der Waals surface area contributed by atoms with Crippen molar-refractivity contribution in [3.8, 4) is 11.1 Å². The van der Waals surface area contributed by atoms with E-state index < -0.39 is 0 Å². The highest BCUT2D eigenvalue weighted by Gasteiger charge is 2.34. The Bertz CT molecular complexity index is 645. The predicted molar refractivity (Wildman–Crippen MR) is 82.2 cm³/mol. The fourth-order valence-electron chi connectivity index (χ4n) is 3.40. The Labute approximate surface area is 119 Å². The van der Waals surface area contributed by atoms with Gasteiger partial charge in [0.15, 0.2) is 0 Å². The van der Waals surface area contributed by atoms with Gasteiger partial charge in [0.05, 0.1) is 0 Å². The van der Waals surface area contributed by atoms with Crippen LogP contribution in [0.25, 0.3) is 17.2 Å². The van der Waals surface area contributed by atoms with Gasteiger partial charge in [-0.3, -0.25) is 4.98 Å². The summed E-state index contributed by atoms with van der Waals surface area (Å²) in [6, 6.07) is 14.0. The van der Waals surface area contributed by atoms with Gasteiger partial charge < -0.3 is 5.32 Å². The van der Waals surface area contributed by atoms with Crippen LogP contribution in [0.3, 0.4) is 0 Å². The summed E-state index contributed by atoms with van der Waals surface area (Å²) >= 11 is 0. The van der Waals surface area contributed by atoms with Gasteiger partial charge in [0, 0.05) is 30.0 Å². The molecule has 1 aromatic carbocycles. The standard InChI is InChI=1S/C18H18N2/c1-2-4-14(5-3-1)16-9-13(11-19-12-16)8-15-10-17-6-7-18(15)20-17/h1-5,8-9,11-12,17-18,20H,6-7,10H2/b15-8+. The molecule has 100 valence electrons. The molecule has 2 nitrogen and oxygen atoms in total.